The van der Waals surface area contributed by atoms with Gasteiger partial charge < -0.3 is 4.74 Å². The number of benzene rings is 1. The Bertz CT molecular complexity index is 699. The number of nitriles is 1. The number of nitrogens with zero attached hydrogens (tertiary/aromatic N) is 3. The smallest absolute Gasteiger partial charge is 0.119 e. The van der Waals surface area contributed by atoms with Crippen LogP contribution in [0.15, 0.2) is 41.5 Å². The molecule has 4 heteroatoms. The van der Waals surface area contributed by atoms with Gasteiger partial charge in [0.1, 0.15) is 17.5 Å². The fourth-order valence-electron chi connectivity index (χ4n) is 1.90. The highest BCUT2D eigenvalue weighted by molar-refractivity contribution is 6.00. The van der Waals surface area contributed by atoms with E-state index >= 15 is 0 Å². The van der Waals surface area contributed by atoms with Crippen molar-refractivity contribution in [1.29, 1.82) is 5.26 Å². The van der Waals surface area contributed by atoms with E-state index in [1.807, 2.05) is 32.0 Å². The van der Waals surface area contributed by atoms with E-state index in [0.717, 1.165) is 22.7 Å². The number of aromatic nitrogens is 1. The zero-order valence-corrected chi connectivity index (χ0v) is 11.7. The van der Waals surface area contributed by atoms with Gasteiger partial charge in [-0.05, 0) is 49.7 Å². The Labute approximate surface area is 118 Å². The molecule has 0 aliphatic rings. The molecule has 1 aromatic heterocycles. The van der Waals surface area contributed by atoms with Crippen LogP contribution in [0.1, 0.15) is 23.7 Å². The summed E-state index contributed by atoms with van der Waals surface area (Å²) in [5.41, 5.74) is 3.72. The van der Waals surface area contributed by atoms with E-state index in [0.29, 0.717) is 11.3 Å². The summed E-state index contributed by atoms with van der Waals surface area (Å²) in [6, 6.07) is 11.3. The molecule has 1 heterocycles. The highest BCUT2D eigenvalue weighted by Crippen LogP contribution is 2.24. The number of pyridine rings is 1. The molecule has 4 nitrogen and oxygen atoms in total. The SMILES string of the molecule is COc1ccc(N=C(C)c2ncccc2C#N)c(C)c1. The lowest BCUT2D eigenvalue weighted by Crippen LogP contribution is -2.01. The quantitative estimate of drug-likeness (QED) is 0.799. The molecule has 0 radical (unpaired) electrons. The summed E-state index contributed by atoms with van der Waals surface area (Å²) in [4.78, 5) is 8.79. The Kier molecular flexibility index (Phi) is 4.11. The molecule has 0 aliphatic heterocycles. The summed E-state index contributed by atoms with van der Waals surface area (Å²) in [7, 11) is 1.63. The Hall–Kier alpha value is -2.67. The van der Waals surface area contributed by atoms with Gasteiger partial charge in [0, 0.05) is 6.20 Å². The van der Waals surface area contributed by atoms with Crippen molar-refractivity contribution in [2.75, 3.05) is 7.11 Å². The van der Waals surface area contributed by atoms with Crippen LogP contribution < -0.4 is 4.74 Å². The van der Waals surface area contributed by atoms with E-state index < -0.39 is 0 Å². The number of methoxy groups -OCH3 is 1. The summed E-state index contributed by atoms with van der Waals surface area (Å²) in [5, 5.41) is 9.09. The largest absolute Gasteiger partial charge is 0.497 e. The predicted molar refractivity (Wildman–Crippen MR) is 78.6 cm³/mol. The Morgan fingerprint density at radius 1 is 1.35 bits per heavy atom. The average Bonchev–Trinajstić information content (AvgIpc) is 2.49. The van der Waals surface area contributed by atoms with Gasteiger partial charge in [0.2, 0.25) is 0 Å². The van der Waals surface area contributed by atoms with Crippen molar-refractivity contribution < 1.29 is 4.74 Å². The zero-order chi connectivity index (χ0) is 14.5. The van der Waals surface area contributed by atoms with Crippen molar-refractivity contribution in [1.82, 2.24) is 4.98 Å². The van der Waals surface area contributed by atoms with Gasteiger partial charge in [0.15, 0.2) is 0 Å². The van der Waals surface area contributed by atoms with Gasteiger partial charge in [-0.2, -0.15) is 5.26 Å². The molecule has 0 fully saturated rings. The zero-order valence-electron chi connectivity index (χ0n) is 11.7. The van der Waals surface area contributed by atoms with Gasteiger partial charge in [-0.25, -0.2) is 0 Å². The molecule has 0 saturated carbocycles. The molecule has 1 aromatic carbocycles. The highest BCUT2D eigenvalue weighted by atomic mass is 16.5. The van der Waals surface area contributed by atoms with Crippen molar-refractivity contribution >= 4 is 11.4 Å². The van der Waals surface area contributed by atoms with E-state index in [9.17, 15) is 0 Å². The van der Waals surface area contributed by atoms with Crippen molar-refractivity contribution in [2.24, 2.45) is 4.99 Å². The van der Waals surface area contributed by atoms with Crippen LogP contribution in [0.4, 0.5) is 5.69 Å². The molecule has 0 bridgehead atoms. The van der Waals surface area contributed by atoms with Gasteiger partial charge >= 0.3 is 0 Å². The Morgan fingerprint density at radius 3 is 2.80 bits per heavy atom. The Balaban J connectivity index is 2.43. The number of ether oxygens (including phenoxy) is 1. The predicted octanol–water partition coefficient (Wildman–Crippen LogP) is 3.41. The van der Waals surface area contributed by atoms with E-state index in [2.05, 4.69) is 16.0 Å². The first kappa shape index (κ1) is 13.8. The number of hydrogen-bond acceptors (Lipinski definition) is 4. The number of rotatable bonds is 3. The van der Waals surface area contributed by atoms with Crippen molar-refractivity contribution in [2.45, 2.75) is 13.8 Å². The van der Waals surface area contributed by atoms with Gasteiger partial charge in [-0.3, -0.25) is 9.98 Å². The molecule has 0 unspecified atom stereocenters. The second-order valence-electron chi connectivity index (χ2n) is 4.36. The summed E-state index contributed by atoms with van der Waals surface area (Å²) >= 11 is 0. The molecule has 2 rings (SSSR count). The van der Waals surface area contributed by atoms with E-state index in [-0.39, 0.29) is 0 Å². The summed E-state index contributed by atoms with van der Waals surface area (Å²) in [6.45, 7) is 3.82. The molecule has 0 aliphatic carbocycles. The molecule has 0 atom stereocenters. The van der Waals surface area contributed by atoms with E-state index in [4.69, 9.17) is 10.00 Å². The second-order valence-corrected chi connectivity index (χ2v) is 4.36. The fraction of sp³-hybridized carbons (Fsp3) is 0.188. The molecule has 100 valence electrons. The normalized spacial score (nSPS) is 11.0. The maximum Gasteiger partial charge on any atom is 0.119 e. The van der Waals surface area contributed by atoms with Crippen molar-refractivity contribution in [3.05, 3.63) is 53.3 Å². The van der Waals surface area contributed by atoms with Crippen LogP contribution in [0.5, 0.6) is 5.75 Å². The summed E-state index contributed by atoms with van der Waals surface area (Å²) < 4.78 is 5.17. The van der Waals surface area contributed by atoms with Crippen molar-refractivity contribution in [3.8, 4) is 11.8 Å². The lowest BCUT2D eigenvalue weighted by Gasteiger charge is -2.06. The highest BCUT2D eigenvalue weighted by Gasteiger charge is 2.07. The van der Waals surface area contributed by atoms with Crippen LogP contribution in [-0.2, 0) is 0 Å². The second kappa shape index (κ2) is 5.98. The molecule has 20 heavy (non-hydrogen) atoms. The van der Waals surface area contributed by atoms with Crippen LogP contribution >= 0.6 is 0 Å². The summed E-state index contributed by atoms with van der Waals surface area (Å²) in [6.07, 6.45) is 1.66. The van der Waals surface area contributed by atoms with Crippen LogP contribution in [0.25, 0.3) is 0 Å². The minimum Gasteiger partial charge on any atom is -0.497 e. The van der Waals surface area contributed by atoms with Crippen molar-refractivity contribution in [3.63, 3.8) is 0 Å². The molecule has 0 amide bonds. The first-order valence-corrected chi connectivity index (χ1v) is 6.21. The molecule has 2 aromatic rings. The third-order valence-corrected chi connectivity index (χ3v) is 2.96. The average molecular weight is 265 g/mol. The maximum atomic E-state index is 9.09. The van der Waals surface area contributed by atoms with Crippen LogP contribution in [-0.4, -0.2) is 17.8 Å². The number of hydrogen-bond donors (Lipinski definition) is 0. The van der Waals surface area contributed by atoms with Crippen LogP contribution in [0.2, 0.25) is 0 Å². The third-order valence-electron chi connectivity index (χ3n) is 2.96. The first-order valence-electron chi connectivity index (χ1n) is 6.21. The Morgan fingerprint density at radius 2 is 2.15 bits per heavy atom. The van der Waals surface area contributed by atoms with Crippen LogP contribution in [0, 0.1) is 18.3 Å². The lowest BCUT2D eigenvalue weighted by atomic mass is 10.1. The lowest BCUT2D eigenvalue weighted by molar-refractivity contribution is 0.414. The van der Waals surface area contributed by atoms with Gasteiger partial charge in [-0.1, -0.05) is 0 Å². The summed E-state index contributed by atoms with van der Waals surface area (Å²) in [5.74, 6) is 0.801. The molecule has 0 saturated heterocycles. The molecular formula is C16H15N3O. The number of aliphatic imine (C=N–C) groups is 1. The topological polar surface area (TPSA) is 58.3 Å². The standard InChI is InChI=1S/C16H15N3O/c1-11-9-14(20-3)6-7-15(11)19-12(2)16-13(10-17)5-4-8-18-16/h4-9H,1-3H3. The third kappa shape index (κ3) is 2.83. The monoisotopic (exact) mass is 265 g/mol. The van der Waals surface area contributed by atoms with Gasteiger partial charge in [0.25, 0.3) is 0 Å². The minimum absolute atomic E-state index is 0.528. The molecule has 0 N–H and O–H groups in total. The minimum atomic E-state index is 0.528. The molecule has 0 spiro atoms. The molecular weight excluding hydrogens is 250 g/mol. The van der Waals surface area contributed by atoms with E-state index in [1.54, 1.807) is 25.4 Å². The van der Waals surface area contributed by atoms with E-state index in [1.165, 1.54) is 0 Å². The number of aryl methyl sites for hydroxylation is 1. The van der Waals surface area contributed by atoms with Crippen LogP contribution in [0.3, 0.4) is 0 Å². The fourth-order valence-corrected chi connectivity index (χ4v) is 1.90. The van der Waals surface area contributed by atoms with Gasteiger partial charge in [0.05, 0.1) is 24.1 Å². The van der Waals surface area contributed by atoms with Gasteiger partial charge in [-0.15, -0.1) is 0 Å². The first-order chi connectivity index (χ1) is 9.65. The maximum absolute atomic E-state index is 9.09.